The molecule has 0 aliphatic carbocycles. The summed E-state index contributed by atoms with van der Waals surface area (Å²) in [6, 6.07) is 7.17. The van der Waals surface area contributed by atoms with Crippen LogP contribution in [0.5, 0.6) is 5.75 Å². The molecule has 4 heteroatoms. The SMILES string of the molecule is CCc1ccccc1OS(=O)O. The standard InChI is InChI=1S/C8H10O3S/c1-2-7-5-3-4-6-8(7)11-12(9)10/h3-6H,2H2,1H3,(H,9,10). The van der Waals surface area contributed by atoms with Gasteiger partial charge >= 0.3 is 11.4 Å². The molecule has 0 heterocycles. The van der Waals surface area contributed by atoms with Gasteiger partial charge in [0.2, 0.25) is 0 Å². The molecule has 0 spiro atoms. The van der Waals surface area contributed by atoms with Crippen molar-refractivity contribution >= 4 is 11.4 Å². The third kappa shape index (κ3) is 2.32. The Hall–Kier alpha value is -0.870. The molecule has 0 saturated heterocycles. The number of rotatable bonds is 3. The minimum absolute atomic E-state index is 0.473. The number of benzene rings is 1. The molecular weight excluding hydrogens is 176 g/mol. The van der Waals surface area contributed by atoms with Gasteiger partial charge in [0.25, 0.3) is 0 Å². The van der Waals surface area contributed by atoms with Crippen LogP contribution >= 0.6 is 0 Å². The predicted molar refractivity (Wildman–Crippen MR) is 47.2 cm³/mol. The van der Waals surface area contributed by atoms with Crippen molar-refractivity contribution in [3.05, 3.63) is 29.8 Å². The third-order valence-corrected chi connectivity index (χ3v) is 1.84. The van der Waals surface area contributed by atoms with Crippen molar-refractivity contribution in [3.8, 4) is 5.75 Å². The Labute approximate surface area is 73.9 Å². The first kappa shape index (κ1) is 9.22. The van der Waals surface area contributed by atoms with Gasteiger partial charge in [-0.25, -0.2) is 0 Å². The zero-order chi connectivity index (χ0) is 8.97. The molecule has 1 N–H and O–H groups in total. The highest BCUT2D eigenvalue weighted by Crippen LogP contribution is 2.18. The lowest BCUT2D eigenvalue weighted by molar-refractivity contribution is 0.455. The highest BCUT2D eigenvalue weighted by molar-refractivity contribution is 7.74. The van der Waals surface area contributed by atoms with Gasteiger partial charge in [-0.3, -0.25) is 4.55 Å². The van der Waals surface area contributed by atoms with E-state index in [1.165, 1.54) is 0 Å². The third-order valence-electron chi connectivity index (χ3n) is 1.51. The van der Waals surface area contributed by atoms with Crippen LogP contribution in [0.15, 0.2) is 24.3 Å². The van der Waals surface area contributed by atoms with E-state index < -0.39 is 11.4 Å². The smallest absolute Gasteiger partial charge is 0.357 e. The second-order valence-corrected chi connectivity index (χ2v) is 2.86. The molecule has 0 amide bonds. The fourth-order valence-corrected chi connectivity index (χ4v) is 1.27. The van der Waals surface area contributed by atoms with E-state index >= 15 is 0 Å². The Kier molecular flexibility index (Phi) is 3.25. The molecule has 1 atom stereocenters. The topological polar surface area (TPSA) is 46.5 Å². The summed E-state index contributed by atoms with van der Waals surface area (Å²) in [6.45, 7) is 1.96. The summed E-state index contributed by atoms with van der Waals surface area (Å²) in [5.74, 6) is 0.473. The van der Waals surface area contributed by atoms with Crippen molar-refractivity contribution in [2.75, 3.05) is 0 Å². The summed E-state index contributed by atoms with van der Waals surface area (Å²) in [5, 5.41) is 0. The van der Waals surface area contributed by atoms with Crippen LogP contribution < -0.4 is 4.18 Å². The average molecular weight is 186 g/mol. The van der Waals surface area contributed by atoms with E-state index in [0.717, 1.165) is 12.0 Å². The Morgan fingerprint density at radius 3 is 2.75 bits per heavy atom. The van der Waals surface area contributed by atoms with Gasteiger partial charge in [-0.15, -0.1) is 0 Å². The lowest BCUT2D eigenvalue weighted by Gasteiger charge is -2.04. The lowest BCUT2D eigenvalue weighted by Crippen LogP contribution is -1.99. The summed E-state index contributed by atoms with van der Waals surface area (Å²) in [4.78, 5) is 0. The quantitative estimate of drug-likeness (QED) is 0.732. The van der Waals surface area contributed by atoms with E-state index in [1.54, 1.807) is 12.1 Å². The molecule has 12 heavy (non-hydrogen) atoms. The van der Waals surface area contributed by atoms with E-state index in [0.29, 0.717) is 5.75 Å². The Balaban J connectivity index is 2.89. The molecule has 0 fully saturated rings. The molecule has 0 aliphatic rings. The van der Waals surface area contributed by atoms with Gasteiger partial charge in [0.05, 0.1) is 0 Å². The van der Waals surface area contributed by atoms with Crippen molar-refractivity contribution in [1.82, 2.24) is 0 Å². The lowest BCUT2D eigenvalue weighted by atomic mass is 10.1. The summed E-state index contributed by atoms with van der Waals surface area (Å²) < 4.78 is 23.5. The first-order valence-corrected chi connectivity index (χ1v) is 4.64. The molecule has 0 aliphatic heterocycles. The fourth-order valence-electron chi connectivity index (χ4n) is 0.954. The molecular formula is C8H10O3S. The van der Waals surface area contributed by atoms with E-state index in [2.05, 4.69) is 4.18 Å². The fraction of sp³-hybridized carbons (Fsp3) is 0.250. The summed E-state index contributed by atoms with van der Waals surface area (Å²) >= 11 is -2.23. The van der Waals surface area contributed by atoms with Crippen molar-refractivity contribution in [3.63, 3.8) is 0 Å². The maximum Gasteiger partial charge on any atom is 0.357 e. The van der Waals surface area contributed by atoms with Gasteiger partial charge in [0.15, 0.2) is 0 Å². The molecule has 1 unspecified atom stereocenters. The van der Waals surface area contributed by atoms with E-state index in [4.69, 9.17) is 4.55 Å². The molecule has 0 bridgehead atoms. The molecule has 0 radical (unpaired) electrons. The highest BCUT2D eigenvalue weighted by atomic mass is 32.2. The van der Waals surface area contributed by atoms with E-state index in [-0.39, 0.29) is 0 Å². The van der Waals surface area contributed by atoms with Gasteiger partial charge in [-0.05, 0) is 18.1 Å². The number of para-hydroxylation sites is 1. The number of hydrogen-bond acceptors (Lipinski definition) is 2. The van der Waals surface area contributed by atoms with Crippen molar-refractivity contribution < 1.29 is 12.9 Å². The van der Waals surface area contributed by atoms with Gasteiger partial charge < -0.3 is 4.18 Å². The van der Waals surface area contributed by atoms with Crippen LogP contribution in [0, 0.1) is 0 Å². The second kappa shape index (κ2) is 4.23. The van der Waals surface area contributed by atoms with Crippen molar-refractivity contribution in [1.29, 1.82) is 0 Å². The second-order valence-electron chi connectivity index (χ2n) is 2.26. The molecule has 1 rings (SSSR count). The Morgan fingerprint density at radius 2 is 2.17 bits per heavy atom. The monoisotopic (exact) mass is 186 g/mol. The van der Waals surface area contributed by atoms with Crippen molar-refractivity contribution in [2.45, 2.75) is 13.3 Å². The molecule has 0 saturated carbocycles. The van der Waals surface area contributed by atoms with Crippen molar-refractivity contribution in [2.24, 2.45) is 0 Å². The van der Waals surface area contributed by atoms with Crippen LogP contribution in [-0.4, -0.2) is 8.76 Å². The molecule has 66 valence electrons. The van der Waals surface area contributed by atoms with Crippen LogP contribution in [-0.2, 0) is 17.8 Å². The maximum absolute atomic E-state index is 10.3. The minimum atomic E-state index is -2.23. The Morgan fingerprint density at radius 1 is 1.50 bits per heavy atom. The molecule has 3 nitrogen and oxygen atoms in total. The highest BCUT2D eigenvalue weighted by Gasteiger charge is 2.02. The summed E-state index contributed by atoms with van der Waals surface area (Å²) in [7, 11) is 0. The normalized spacial score (nSPS) is 12.5. The Bertz CT molecular complexity index is 285. The number of aryl methyl sites for hydroxylation is 1. The van der Waals surface area contributed by atoms with Gasteiger partial charge in [0, 0.05) is 0 Å². The minimum Gasteiger partial charge on any atom is -0.380 e. The van der Waals surface area contributed by atoms with Gasteiger partial charge in [-0.1, -0.05) is 25.1 Å². The summed E-state index contributed by atoms with van der Waals surface area (Å²) in [5.41, 5.74) is 0.930. The molecule has 0 aromatic heterocycles. The van der Waals surface area contributed by atoms with E-state index in [9.17, 15) is 4.21 Å². The van der Waals surface area contributed by atoms with Crippen LogP contribution in [0.1, 0.15) is 12.5 Å². The zero-order valence-electron chi connectivity index (χ0n) is 6.69. The van der Waals surface area contributed by atoms with Crippen LogP contribution in [0.3, 0.4) is 0 Å². The zero-order valence-corrected chi connectivity index (χ0v) is 7.50. The average Bonchev–Trinajstić information content (AvgIpc) is 2.04. The number of hydrogen-bond donors (Lipinski definition) is 1. The maximum atomic E-state index is 10.3. The van der Waals surface area contributed by atoms with E-state index in [1.807, 2.05) is 19.1 Å². The van der Waals surface area contributed by atoms with Gasteiger partial charge in [-0.2, -0.15) is 4.21 Å². The molecule has 1 aromatic carbocycles. The largest absolute Gasteiger partial charge is 0.380 e. The molecule has 1 aromatic rings. The van der Waals surface area contributed by atoms with Gasteiger partial charge in [0.1, 0.15) is 5.75 Å². The van der Waals surface area contributed by atoms with Crippen LogP contribution in [0.4, 0.5) is 0 Å². The first-order chi connectivity index (χ1) is 5.74. The first-order valence-electron chi connectivity index (χ1n) is 3.61. The predicted octanol–water partition coefficient (Wildman–Crippen LogP) is 1.76. The van der Waals surface area contributed by atoms with Crippen LogP contribution in [0.25, 0.3) is 0 Å². The van der Waals surface area contributed by atoms with Crippen LogP contribution in [0.2, 0.25) is 0 Å². The summed E-state index contributed by atoms with van der Waals surface area (Å²) in [6.07, 6.45) is 0.785.